The molecule has 1 rings (SSSR count). The molecule has 1 aromatic rings. The molecule has 1 aromatic carbocycles. The third-order valence-corrected chi connectivity index (χ3v) is 2.24. The van der Waals surface area contributed by atoms with Crippen molar-refractivity contribution in [2.75, 3.05) is 12.8 Å². The highest BCUT2D eigenvalue weighted by molar-refractivity contribution is 5.46. The van der Waals surface area contributed by atoms with Crippen LogP contribution in [0.4, 0.5) is 18.9 Å². The molecule has 0 saturated heterocycles. The van der Waals surface area contributed by atoms with Gasteiger partial charge in [-0.1, -0.05) is 13.8 Å². The van der Waals surface area contributed by atoms with Crippen molar-refractivity contribution in [3.05, 3.63) is 29.3 Å². The fourth-order valence-electron chi connectivity index (χ4n) is 1.26. The van der Waals surface area contributed by atoms with Crippen molar-refractivity contribution in [3.63, 3.8) is 0 Å². The number of hydrogen-bond donors (Lipinski definition) is 2. The maximum Gasteiger partial charge on any atom is 0.416 e. The highest BCUT2D eigenvalue weighted by Gasteiger charge is 2.31. The lowest BCUT2D eigenvalue weighted by molar-refractivity contribution is -0.137. The molecule has 0 aromatic heterocycles. The second-order valence-corrected chi connectivity index (χ2v) is 3.40. The molecule has 0 aliphatic carbocycles. The zero-order chi connectivity index (χ0) is 13.6. The van der Waals surface area contributed by atoms with Crippen LogP contribution < -0.4 is 11.1 Å². The van der Waals surface area contributed by atoms with E-state index in [1.54, 1.807) is 14.0 Å². The largest absolute Gasteiger partial charge is 0.416 e. The lowest BCUT2D eigenvalue weighted by Crippen LogP contribution is -2.14. The average Bonchev–Trinajstić information content (AvgIpc) is 2.28. The van der Waals surface area contributed by atoms with E-state index in [4.69, 9.17) is 5.73 Å². The Kier molecular flexibility index (Phi) is 6.02. The van der Waals surface area contributed by atoms with E-state index in [-0.39, 0.29) is 11.7 Å². The summed E-state index contributed by atoms with van der Waals surface area (Å²) in [5.74, 6) is 0. The second kappa shape index (κ2) is 6.49. The smallest absolute Gasteiger partial charge is 0.399 e. The van der Waals surface area contributed by atoms with Crippen molar-refractivity contribution < 1.29 is 13.2 Å². The van der Waals surface area contributed by atoms with Gasteiger partial charge in [0.05, 0.1) is 5.56 Å². The molecule has 0 fully saturated rings. The first-order valence-corrected chi connectivity index (χ1v) is 5.49. The molecular weight excluding hydrogens is 229 g/mol. The van der Waals surface area contributed by atoms with Crippen LogP contribution in [0.5, 0.6) is 0 Å². The standard InChI is InChI=1S/C10H13F3N2.C2H6/c1-6(15-2)7-3-8(10(11,12)13)5-9(14)4-7;1-2/h3-6,15H,14H2,1-2H3;1-2H3/t6-;/m1./s1. The van der Waals surface area contributed by atoms with Crippen molar-refractivity contribution in [2.45, 2.75) is 33.0 Å². The van der Waals surface area contributed by atoms with Gasteiger partial charge < -0.3 is 11.1 Å². The predicted octanol–water partition coefficient (Wildman–Crippen LogP) is 3.59. The van der Waals surface area contributed by atoms with E-state index >= 15 is 0 Å². The summed E-state index contributed by atoms with van der Waals surface area (Å²) in [4.78, 5) is 0. The number of rotatable bonds is 2. The van der Waals surface area contributed by atoms with Gasteiger partial charge in [0.15, 0.2) is 0 Å². The maximum absolute atomic E-state index is 12.4. The Morgan fingerprint density at radius 3 is 2.12 bits per heavy atom. The Morgan fingerprint density at radius 1 is 1.18 bits per heavy atom. The fraction of sp³-hybridized carbons (Fsp3) is 0.500. The van der Waals surface area contributed by atoms with Gasteiger partial charge in [0.1, 0.15) is 0 Å². The number of nitrogens with two attached hydrogens (primary N) is 1. The van der Waals surface area contributed by atoms with Gasteiger partial charge >= 0.3 is 6.18 Å². The Balaban J connectivity index is 0.00000121. The van der Waals surface area contributed by atoms with E-state index in [1.165, 1.54) is 6.07 Å². The van der Waals surface area contributed by atoms with Gasteiger partial charge in [-0.3, -0.25) is 0 Å². The predicted molar refractivity (Wildman–Crippen MR) is 64.7 cm³/mol. The number of alkyl halides is 3. The van der Waals surface area contributed by atoms with E-state index < -0.39 is 11.7 Å². The molecule has 2 nitrogen and oxygen atoms in total. The van der Waals surface area contributed by atoms with E-state index in [9.17, 15) is 13.2 Å². The van der Waals surface area contributed by atoms with Gasteiger partial charge in [-0.05, 0) is 37.7 Å². The molecule has 0 aliphatic heterocycles. The number of nitrogens with one attached hydrogen (secondary N) is 1. The highest BCUT2D eigenvalue weighted by atomic mass is 19.4. The molecule has 98 valence electrons. The van der Waals surface area contributed by atoms with Gasteiger partial charge in [-0.15, -0.1) is 0 Å². The van der Waals surface area contributed by atoms with Gasteiger partial charge in [-0.2, -0.15) is 13.2 Å². The molecule has 0 spiro atoms. The monoisotopic (exact) mass is 248 g/mol. The van der Waals surface area contributed by atoms with Crippen LogP contribution in [0.2, 0.25) is 0 Å². The summed E-state index contributed by atoms with van der Waals surface area (Å²) in [6.45, 7) is 5.77. The number of nitrogen functional groups attached to an aromatic ring is 1. The number of hydrogen-bond acceptors (Lipinski definition) is 2. The molecule has 3 N–H and O–H groups in total. The molecule has 17 heavy (non-hydrogen) atoms. The topological polar surface area (TPSA) is 38.0 Å². The Labute approximate surface area is 100 Å². The van der Waals surface area contributed by atoms with Gasteiger partial charge in [-0.25, -0.2) is 0 Å². The molecule has 0 bridgehead atoms. The molecule has 0 unspecified atom stereocenters. The van der Waals surface area contributed by atoms with Crippen LogP contribution in [0.15, 0.2) is 18.2 Å². The van der Waals surface area contributed by atoms with Gasteiger partial charge in [0, 0.05) is 11.7 Å². The summed E-state index contributed by atoms with van der Waals surface area (Å²) < 4.78 is 37.3. The van der Waals surface area contributed by atoms with E-state index in [1.807, 2.05) is 13.8 Å². The Bertz CT molecular complexity index is 348. The normalized spacial score (nSPS) is 12.6. The van der Waals surface area contributed by atoms with Crippen LogP contribution in [-0.2, 0) is 6.18 Å². The first-order chi connectivity index (χ1) is 7.84. The quantitative estimate of drug-likeness (QED) is 0.785. The Hall–Kier alpha value is -1.23. The third-order valence-electron chi connectivity index (χ3n) is 2.24. The van der Waals surface area contributed by atoms with Gasteiger partial charge in [0.2, 0.25) is 0 Å². The highest BCUT2D eigenvalue weighted by Crippen LogP contribution is 2.32. The van der Waals surface area contributed by atoms with E-state index in [0.29, 0.717) is 5.56 Å². The third kappa shape index (κ3) is 4.65. The lowest BCUT2D eigenvalue weighted by atomic mass is 10.0. The minimum absolute atomic E-state index is 0.127. The molecule has 0 amide bonds. The number of benzene rings is 1. The minimum atomic E-state index is -4.35. The van der Waals surface area contributed by atoms with Crippen LogP contribution in [0, 0.1) is 0 Å². The maximum atomic E-state index is 12.4. The first-order valence-electron chi connectivity index (χ1n) is 5.49. The molecule has 0 radical (unpaired) electrons. The summed E-state index contributed by atoms with van der Waals surface area (Å²) in [5, 5.41) is 2.86. The summed E-state index contributed by atoms with van der Waals surface area (Å²) >= 11 is 0. The molecular formula is C12H19F3N2. The van der Waals surface area contributed by atoms with Crippen LogP contribution >= 0.6 is 0 Å². The van der Waals surface area contributed by atoms with Crippen molar-refractivity contribution in [2.24, 2.45) is 0 Å². The van der Waals surface area contributed by atoms with Crippen LogP contribution in [0.1, 0.15) is 37.9 Å². The first kappa shape index (κ1) is 15.8. The van der Waals surface area contributed by atoms with Crippen molar-refractivity contribution >= 4 is 5.69 Å². The zero-order valence-corrected chi connectivity index (χ0v) is 10.5. The molecule has 1 atom stereocenters. The lowest BCUT2D eigenvalue weighted by Gasteiger charge is -2.14. The Morgan fingerprint density at radius 2 is 1.71 bits per heavy atom. The molecule has 0 saturated carbocycles. The van der Waals surface area contributed by atoms with E-state index in [2.05, 4.69) is 5.32 Å². The summed E-state index contributed by atoms with van der Waals surface area (Å²) in [6, 6.07) is 3.43. The van der Waals surface area contributed by atoms with Crippen molar-refractivity contribution in [3.8, 4) is 0 Å². The second-order valence-electron chi connectivity index (χ2n) is 3.40. The molecule has 0 heterocycles. The summed E-state index contributed by atoms with van der Waals surface area (Å²) in [5.41, 5.74) is 5.37. The summed E-state index contributed by atoms with van der Waals surface area (Å²) in [6.07, 6.45) is -4.35. The molecule has 0 aliphatic rings. The van der Waals surface area contributed by atoms with Crippen molar-refractivity contribution in [1.29, 1.82) is 0 Å². The molecule has 5 heteroatoms. The van der Waals surface area contributed by atoms with Crippen LogP contribution in [0.25, 0.3) is 0 Å². The fourth-order valence-corrected chi connectivity index (χ4v) is 1.26. The van der Waals surface area contributed by atoms with Crippen LogP contribution in [-0.4, -0.2) is 7.05 Å². The van der Waals surface area contributed by atoms with Gasteiger partial charge in [0.25, 0.3) is 0 Å². The summed E-state index contributed by atoms with van der Waals surface area (Å²) in [7, 11) is 1.68. The number of halogens is 3. The van der Waals surface area contributed by atoms with Crippen LogP contribution in [0.3, 0.4) is 0 Å². The average molecular weight is 248 g/mol. The SMILES string of the molecule is CC.CN[C@H](C)c1cc(N)cc(C(F)(F)F)c1. The zero-order valence-electron chi connectivity index (χ0n) is 10.5. The van der Waals surface area contributed by atoms with Crippen molar-refractivity contribution in [1.82, 2.24) is 5.32 Å². The number of anilines is 1. The van der Waals surface area contributed by atoms with E-state index in [0.717, 1.165) is 12.1 Å². The minimum Gasteiger partial charge on any atom is -0.399 e.